The molecule has 0 saturated carbocycles. The number of ketones is 2. The number of nitrogens with zero attached hydrogens (tertiary/aromatic N) is 5. The lowest BCUT2D eigenvalue weighted by atomic mass is 9.88. The molecule has 2 amide bonds. The number of fused-ring (bicyclic) bond motifs is 6. The molecule has 16 nitrogen and oxygen atoms in total. The fourth-order valence-electron chi connectivity index (χ4n) is 16.3. The molecule has 14 rings (SSSR count). The Kier molecular flexibility index (Phi) is 19.3. The maximum Gasteiger partial charge on any atom is 0.233 e. The Bertz CT molecular complexity index is 3900. The molecule has 91 heavy (non-hydrogen) atoms. The van der Waals surface area contributed by atoms with E-state index < -0.39 is 30.5 Å². The summed E-state index contributed by atoms with van der Waals surface area (Å²) in [6.45, 7) is 24.5. The number of halogens is 1. The van der Waals surface area contributed by atoms with Gasteiger partial charge in [0.2, 0.25) is 11.8 Å². The van der Waals surface area contributed by atoms with Crippen molar-refractivity contribution < 1.29 is 36.0 Å². The number of nitrogens with one attached hydrogen (secondary N) is 3. The number of aromatic nitrogens is 2. The van der Waals surface area contributed by atoms with Crippen molar-refractivity contribution >= 4 is 97.8 Å². The SMILES string of the molecule is Cc1cc(C)cc(-c2[nH]c3sc(C(C)(C)C(=O)N4C5CCC4CC5)cc3c2C(=O)CCCl)c1.Cc1cc(C)cc(-c2[nH]c3sc(C(C)(C)C(=O)N4C5CCC4CC5)cc3c2C(=O)CCN2CCN(C3CCS(=O)(=O)C3)CC2)c1.O=S1(=O)CCC(N2CCNCC2)C1. The third kappa shape index (κ3) is 13.7. The zero-order valence-corrected chi connectivity index (χ0v) is 58.5. The van der Waals surface area contributed by atoms with Gasteiger partial charge in [0.05, 0.1) is 56.4 Å². The molecule has 0 radical (unpaired) electrons. The van der Waals surface area contributed by atoms with E-state index >= 15 is 0 Å². The highest BCUT2D eigenvalue weighted by molar-refractivity contribution is 7.92. The van der Waals surface area contributed by atoms with E-state index in [4.69, 9.17) is 11.6 Å². The van der Waals surface area contributed by atoms with E-state index in [2.05, 4.69) is 116 Å². The quantitative estimate of drug-likeness (QED) is 0.0651. The fraction of sp³-hybridized carbons (Fsp3) is 0.600. The number of amides is 2. The van der Waals surface area contributed by atoms with Crippen LogP contribution in [-0.2, 0) is 40.1 Å². The maximum atomic E-state index is 14.2. The third-order valence-corrected chi connectivity index (χ3v) is 27.7. The third-order valence-electron chi connectivity index (χ3n) is 21.2. The van der Waals surface area contributed by atoms with Gasteiger partial charge < -0.3 is 30.0 Å². The first kappa shape index (κ1) is 66.3. The number of alkyl halides is 1. The van der Waals surface area contributed by atoms with Crippen molar-refractivity contribution in [2.75, 3.05) is 87.8 Å². The molecule has 8 saturated heterocycles. The molecule has 8 aliphatic heterocycles. The Morgan fingerprint density at radius 2 is 0.879 bits per heavy atom. The Hall–Kier alpha value is -4.77. The number of thiophene rings is 2. The van der Waals surface area contributed by atoms with Crippen molar-refractivity contribution in [2.24, 2.45) is 0 Å². The Labute approximate surface area is 551 Å². The number of sulfone groups is 2. The molecule has 2 unspecified atom stereocenters. The van der Waals surface area contributed by atoms with Gasteiger partial charge >= 0.3 is 0 Å². The molecule has 12 heterocycles. The molecule has 492 valence electrons. The van der Waals surface area contributed by atoms with Crippen LogP contribution in [0, 0.1) is 27.7 Å². The zero-order valence-electron chi connectivity index (χ0n) is 54.5. The summed E-state index contributed by atoms with van der Waals surface area (Å²) in [4.78, 5) is 77.3. The van der Waals surface area contributed by atoms with Crippen molar-refractivity contribution in [3.63, 3.8) is 0 Å². The maximum absolute atomic E-state index is 14.2. The van der Waals surface area contributed by atoms with Crippen LogP contribution in [0.4, 0.5) is 0 Å². The molecule has 2 atom stereocenters. The van der Waals surface area contributed by atoms with Crippen molar-refractivity contribution in [1.29, 1.82) is 0 Å². The monoisotopic (exact) mass is 1340 g/mol. The van der Waals surface area contributed by atoms with Crippen molar-refractivity contribution in [3.05, 3.63) is 91.7 Å². The van der Waals surface area contributed by atoms with Gasteiger partial charge in [0.25, 0.3) is 0 Å². The summed E-state index contributed by atoms with van der Waals surface area (Å²) in [6.07, 6.45) is 11.3. The lowest BCUT2D eigenvalue weighted by Crippen LogP contribution is -2.51. The van der Waals surface area contributed by atoms with Gasteiger partial charge in [-0.05, 0) is 167 Å². The number of Topliss-reactive ketones (excluding diaryl/α,β-unsaturated/α-hetero) is 2. The second-order valence-electron chi connectivity index (χ2n) is 28.6. The predicted octanol–water partition coefficient (Wildman–Crippen LogP) is 11.2. The molecule has 8 aliphatic rings. The average Bonchev–Trinajstić information content (AvgIpc) is 1.61. The number of piperazine rings is 2. The van der Waals surface area contributed by atoms with Gasteiger partial charge in [0.15, 0.2) is 31.2 Å². The first-order valence-electron chi connectivity index (χ1n) is 33.4. The molecule has 0 aliphatic carbocycles. The summed E-state index contributed by atoms with van der Waals surface area (Å²) in [5.41, 5.74) is 8.53. The number of aryl methyl sites for hydroxylation is 4. The van der Waals surface area contributed by atoms with Gasteiger partial charge in [-0.3, -0.25) is 29.0 Å². The summed E-state index contributed by atoms with van der Waals surface area (Å²) in [5.74, 6) is 2.23. The van der Waals surface area contributed by atoms with E-state index in [0.29, 0.717) is 66.0 Å². The first-order valence-corrected chi connectivity index (χ1v) is 39.2. The molecule has 3 N–H and O–H groups in total. The fourth-order valence-corrected chi connectivity index (χ4v) is 22.3. The molecule has 0 spiro atoms. The average molecular weight is 1340 g/mol. The van der Waals surface area contributed by atoms with E-state index in [1.54, 1.807) is 22.7 Å². The highest BCUT2D eigenvalue weighted by Crippen LogP contribution is 2.47. The van der Waals surface area contributed by atoms with Gasteiger partial charge in [-0.1, -0.05) is 34.4 Å². The minimum atomic E-state index is -2.90. The number of rotatable bonds is 15. The standard InChI is InChI=1S/C35H46N4O4S2.C27H31ClN2O2S.C8H16N2O2S/c1-22-17-23(2)19-24(18-22)32-31(29(40)9-11-37-12-14-38(15-13-37)27-10-16-45(42,43)21-27)28-20-30(44-33(28)36-32)35(3,4)34(41)39-25-5-6-26(39)8-7-25;1-15-11-16(2)13-17(12-15)24-23(21(31)9-10-28)20-14-22(33-25(20)29-24)27(3,4)26(32)30-18-5-6-19(30)8-7-18;11-13(12)6-1-8(7-13)10-4-2-9-3-5-10/h17-20,25-27,36H,5-16,21H2,1-4H3;11-14,18-19,29H,5-10H2,1-4H3;8-9H,1-7H2. The van der Waals surface area contributed by atoms with Gasteiger partial charge in [0, 0.05) is 134 Å². The minimum Gasteiger partial charge on any atom is -0.346 e. The highest BCUT2D eigenvalue weighted by Gasteiger charge is 2.49. The minimum absolute atomic E-state index is 0.0384. The molecule has 4 aromatic heterocycles. The highest BCUT2D eigenvalue weighted by atomic mass is 35.5. The van der Waals surface area contributed by atoms with Crippen LogP contribution in [0.15, 0.2) is 48.5 Å². The normalized spacial score (nSPS) is 24.9. The van der Waals surface area contributed by atoms with Crippen LogP contribution < -0.4 is 5.32 Å². The van der Waals surface area contributed by atoms with E-state index in [0.717, 1.165) is 197 Å². The topological polar surface area (TPSA) is 196 Å². The van der Waals surface area contributed by atoms with Gasteiger partial charge in [-0.2, -0.15) is 0 Å². The number of H-pyrrole nitrogens is 2. The Morgan fingerprint density at radius 1 is 0.505 bits per heavy atom. The van der Waals surface area contributed by atoms with Crippen LogP contribution in [0.25, 0.3) is 42.9 Å². The second-order valence-corrected chi connectivity index (χ2v) is 35.6. The van der Waals surface area contributed by atoms with Crippen LogP contribution in [0.3, 0.4) is 0 Å². The molecule has 4 bridgehead atoms. The number of benzene rings is 2. The molecule has 21 heteroatoms. The van der Waals surface area contributed by atoms with E-state index in [1.165, 1.54) is 0 Å². The Morgan fingerprint density at radius 3 is 1.24 bits per heavy atom. The van der Waals surface area contributed by atoms with Crippen LogP contribution in [0.1, 0.15) is 157 Å². The number of aromatic amines is 2. The smallest absolute Gasteiger partial charge is 0.233 e. The van der Waals surface area contributed by atoms with Gasteiger partial charge in [0.1, 0.15) is 9.66 Å². The van der Waals surface area contributed by atoms with Crippen molar-refractivity contribution in [3.8, 4) is 22.5 Å². The summed E-state index contributed by atoms with van der Waals surface area (Å²) in [6, 6.07) is 19.0. The zero-order chi connectivity index (χ0) is 64.5. The summed E-state index contributed by atoms with van der Waals surface area (Å²) < 4.78 is 46.4. The lowest BCUT2D eigenvalue weighted by molar-refractivity contribution is -0.138. The number of carbonyl (C=O) groups is 4. The van der Waals surface area contributed by atoms with E-state index in [9.17, 15) is 36.0 Å². The summed E-state index contributed by atoms with van der Waals surface area (Å²) in [5, 5.41) is 5.10. The summed E-state index contributed by atoms with van der Waals surface area (Å²) in [7, 11) is -5.60. The van der Waals surface area contributed by atoms with Crippen LogP contribution in [0.5, 0.6) is 0 Å². The van der Waals surface area contributed by atoms with E-state index in [-0.39, 0.29) is 47.5 Å². The van der Waals surface area contributed by atoms with E-state index in [1.807, 2.05) is 27.7 Å². The van der Waals surface area contributed by atoms with Crippen molar-refractivity contribution in [2.45, 2.75) is 180 Å². The van der Waals surface area contributed by atoms with Crippen LogP contribution in [0.2, 0.25) is 0 Å². The number of carbonyl (C=O) groups excluding carboxylic acids is 4. The largest absolute Gasteiger partial charge is 0.346 e. The molecule has 6 aromatic rings. The molecule has 2 aromatic carbocycles. The predicted molar refractivity (Wildman–Crippen MR) is 369 cm³/mol. The second kappa shape index (κ2) is 26.4. The molecular weight excluding hydrogens is 1240 g/mol. The molecule has 8 fully saturated rings. The van der Waals surface area contributed by atoms with Crippen molar-refractivity contribution in [1.82, 2.24) is 39.8 Å². The van der Waals surface area contributed by atoms with Crippen LogP contribution in [-0.4, -0.2) is 199 Å². The number of hydrogen-bond donors (Lipinski definition) is 3. The van der Waals surface area contributed by atoms with Gasteiger partial charge in [-0.15, -0.1) is 34.3 Å². The summed E-state index contributed by atoms with van der Waals surface area (Å²) >= 11 is 9.17. The molecular formula is C70H93ClN8O8S4. The van der Waals surface area contributed by atoms with Gasteiger partial charge in [-0.25, -0.2) is 16.8 Å². The van der Waals surface area contributed by atoms with Crippen LogP contribution >= 0.6 is 34.3 Å². The lowest BCUT2D eigenvalue weighted by Gasteiger charge is -2.37. The first-order chi connectivity index (χ1) is 43.3. The number of hydrogen-bond acceptors (Lipinski definition) is 14. The Balaban J connectivity index is 0.000000151.